The quantitative estimate of drug-likeness (QED) is 0.849. The van der Waals surface area contributed by atoms with Gasteiger partial charge in [-0.05, 0) is 49.9 Å². The largest absolute Gasteiger partial charge is 0.325 e. The Bertz CT molecular complexity index is 801. The van der Waals surface area contributed by atoms with Crippen molar-refractivity contribution in [2.75, 3.05) is 16.8 Å². The molecule has 1 saturated carbocycles. The fraction of sp³-hybridized carbons (Fsp3) is 0.364. The van der Waals surface area contributed by atoms with Crippen molar-refractivity contribution < 1.29 is 9.59 Å². The van der Waals surface area contributed by atoms with Crippen LogP contribution in [0.15, 0.2) is 48.5 Å². The Morgan fingerprint density at radius 2 is 1.77 bits per heavy atom. The van der Waals surface area contributed by atoms with Crippen molar-refractivity contribution in [2.45, 2.75) is 33.6 Å². The van der Waals surface area contributed by atoms with Crippen LogP contribution < -0.4 is 10.2 Å². The number of nitrogens with zero attached hydrogens (tertiary/aromatic N) is 1. The zero-order chi connectivity index (χ0) is 18.7. The molecule has 2 atom stereocenters. The number of para-hydroxylation sites is 2. The molecule has 1 fully saturated rings. The van der Waals surface area contributed by atoms with Gasteiger partial charge in [0, 0.05) is 17.9 Å². The Hall–Kier alpha value is -2.62. The lowest BCUT2D eigenvalue weighted by Crippen LogP contribution is -2.33. The van der Waals surface area contributed by atoms with E-state index in [1.165, 1.54) is 0 Å². The van der Waals surface area contributed by atoms with Gasteiger partial charge in [-0.25, -0.2) is 0 Å². The van der Waals surface area contributed by atoms with Crippen LogP contribution in [0.2, 0.25) is 0 Å². The van der Waals surface area contributed by atoms with E-state index < -0.39 is 0 Å². The zero-order valence-electron chi connectivity index (χ0n) is 15.7. The number of hydrogen-bond donors (Lipinski definition) is 1. The van der Waals surface area contributed by atoms with Crippen molar-refractivity contribution in [3.8, 4) is 0 Å². The van der Waals surface area contributed by atoms with Crippen molar-refractivity contribution >= 4 is 23.2 Å². The van der Waals surface area contributed by atoms with E-state index in [4.69, 9.17) is 0 Å². The third-order valence-electron chi connectivity index (χ3n) is 5.08. The van der Waals surface area contributed by atoms with E-state index in [0.717, 1.165) is 28.9 Å². The van der Waals surface area contributed by atoms with E-state index in [2.05, 4.69) is 12.2 Å². The Labute approximate surface area is 155 Å². The Kier molecular flexibility index (Phi) is 5.40. The number of amides is 2. The van der Waals surface area contributed by atoms with Gasteiger partial charge in [-0.1, -0.05) is 43.3 Å². The molecule has 1 aliphatic rings. The van der Waals surface area contributed by atoms with Crippen molar-refractivity contribution in [1.82, 2.24) is 0 Å². The summed E-state index contributed by atoms with van der Waals surface area (Å²) in [6.07, 6.45) is 1.49. The molecule has 0 spiro atoms. The zero-order valence-corrected chi connectivity index (χ0v) is 15.7. The number of aryl methyl sites for hydroxylation is 2. The van der Waals surface area contributed by atoms with Gasteiger partial charge in [-0.15, -0.1) is 0 Å². The number of carbonyl (C=O) groups excluding carboxylic acids is 2. The molecule has 3 rings (SSSR count). The van der Waals surface area contributed by atoms with E-state index in [9.17, 15) is 9.59 Å². The average molecular weight is 350 g/mol. The van der Waals surface area contributed by atoms with Gasteiger partial charge in [0.05, 0.1) is 11.8 Å². The molecule has 0 saturated heterocycles. The molecule has 2 aromatic rings. The van der Waals surface area contributed by atoms with Crippen molar-refractivity contribution in [1.29, 1.82) is 0 Å². The van der Waals surface area contributed by atoms with Crippen LogP contribution in [0.25, 0.3) is 0 Å². The first kappa shape index (κ1) is 18.2. The number of rotatable bonds is 6. The van der Waals surface area contributed by atoms with Crippen LogP contribution in [0.3, 0.4) is 0 Å². The fourth-order valence-electron chi connectivity index (χ4n) is 3.45. The summed E-state index contributed by atoms with van der Waals surface area (Å²) in [6, 6.07) is 15.7. The van der Waals surface area contributed by atoms with Crippen LogP contribution in [0, 0.1) is 18.8 Å². The summed E-state index contributed by atoms with van der Waals surface area (Å²) < 4.78 is 0. The summed E-state index contributed by atoms with van der Waals surface area (Å²) in [5.74, 6) is -0.454. The number of carbonyl (C=O) groups is 2. The first-order valence-electron chi connectivity index (χ1n) is 9.32. The number of hydrogen-bond acceptors (Lipinski definition) is 2. The minimum absolute atomic E-state index is 0.0411. The molecule has 2 amide bonds. The van der Waals surface area contributed by atoms with E-state index >= 15 is 0 Å². The van der Waals surface area contributed by atoms with Gasteiger partial charge in [0.15, 0.2) is 0 Å². The van der Waals surface area contributed by atoms with Crippen LogP contribution in [-0.2, 0) is 16.0 Å². The molecule has 0 aliphatic heterocycles. The SMILES string of the molecule is CCc1cccc(C)c1NC(=O)C1CC1C(=O)N(CC)c1ccccc1. The second-order valence-electron chi connectivity index (χ2n) is 6.82. The van der Waals surface area contributed by atoms with Crippen molar-refractivity contribution in [3.63, 3.8) is 0 Å². The molecule has 0 heterocycles. The molecule has 136 valence electrons. The van der Waals surface area contributed by atoms with Gasteiger partial charge in [0.1, 0.15) is 0 Å². The van der Waals surface area contributed by atoms with Crippen LogP contribution >= 0.6 is 0 Å². The fourth-order valence-corrected chi connectivity index (χ4v) is 3.45. The van der Waals surface area contributed by atoms with Gasteiger partial charge in [-0.2, -0.15) is 0 Å². The molecular weight excluding hydrogens is 324 g/mol. The normalized spacial score (nSPS) is 18.3. The summed E-state index contributed by atoms with van der Waals surface area (Å²) in [7, 11) is 0. The third kappa shape index (κ3) is 3.64. The van der Waals surface area contributed by atoms with Gasteiger partial charge in [-0.3, -0.25) is 9.59 Å². The van der Waals surface area contributed by atoms with Gasteiger partial charge >= 0.3 is 0 Å². The van der Waals surface area contributed by atoms with Crippen LogP contribution in [-0.4, -0.2) is 18.4 Å². The maximum atomic E-state index is 12.8. The molecule has 0 radical (unpaired) electrons. The van der Waals surface area contributed by atoms with Gasteiger partial charge in [0.2, 0.25) is 11.8 Å². The number of nitrogens with one attached hydrogen (secondary N) is 1. The maximum absolute atomic E-state index is 12.8. The van der Waals surface area contributed by atoms with Crippen LogP contribution in [0.4, 0.5) is 11.4 Å². The van der Waals surface area contributed by atoms with E-state index in [1.54, 1.807) is 4.90 Å². The van der Waals surface area contributed by atoms with E-state index in [1.807, 2.05) is 62.4 Å². The van der Waals surface area contributed by atoms with Crippen molar-refractivity contribution in [2.24, 2.45) is 11.8 Å². The summed E-state index contributed by atoms with van der Waals surface area (Å²) in [6.45, 7) is 6.64. The predicted octanol–water partition coefficient (Wildman–Crippen LogP) is 4.19. The molecule has 0 bridgehead atoms. The summed E-state index contributed by atoms with van der Waals surface area (Å²) in [4.78, 5) is 27.3. The van der Waals surface area contributed by atoms with Gasteiger partial charge in [0.25, 0.3) is 0 Å². The summed E-state index contributed by atoms with van der Waals surface area (Å²) in [5, 5.41) is 3.06. The lowest BCUT2D eigenvalue weighted by Gasteiger charge is -2.21. The molecular formula is C22H26N2O2. The minimum Gasteiger partial charge on any atom is -0.325 e. The topological polar surface area (TPSA) is 49.4 Å². The highest BCUT2D eigenvalue weighted by atomic mass is 16.2. The van der Waals surface area contributed by atoms with E-state index in [0.29, 0.717) is 13.0 Å². The Balaban J connectivity index is 1.68. The molecule has 0 aromatic heterocycles. The van der Waals surface area contributed by atoms with Crippen LogP contribution in [0.5, 0.6) is 0 Å². The first-order chi connectivity index (χ1) is 12.6. The second kappa shape index (κ2) is 7.73. The predicted molar refractivity (Wildman–Crippen MR) is 105 cm³/mol. The maximum Gasteiger partial charge on any atom is 0.230 e. The van der Waals surface area contributed by atoms with Crippen LogP contribution in [0.1, 0.15) is 31.4 Å². The second-order valence-corrected chi connectivity index (χ2v) is 6.82. The highest BCUT2D eigenvalue weighted by Crippen LogP contribution is 2.42. The highest BCUT2D eigenvalue weighted by Gasteiger charge is 2.49. The van der Waals surface area contributed by atoms with Crippen molar-refractivity contribution in [3.05, 3.63) is 59.7 Å². The lowest BCUT2D eigenvalue weighted by atomic mass is 10.1. The summed E-state index contributed by atoms with van der Waals surface area (Å²) >= 11 is 0. The molecule has 2 aromatic carbocycles. The average Bonchev–Trinajstić information content (AvgIpc) is 3.45. The Morgan fingerprint density at radius 3 is 2.42 bits per heavy atom. The highest BCUT2D eigenvalue weighted by molar-refractivity contribution is 6.04. The Morgan fingerprint density at radius 1 is 1.04 bits per heavy atom. The number of anilines is 2. The molecule has 1 aliphatic carbocycles. The van der Waals surface area contributed by atoms with E-state index in [-0.39, 0.29) is 23.7 Å². The molecule has 1 N–H and O–H groups in total. The summed E-state index contributed by atoms with van der Waals surface area (Å²) in [5.41, 5.74) is 3.97. The standard InChI is InChI=1S/C22H26N2O2/c1-4-16-11-9-10-15(3)20(16)23-21(25)18-14-19(18)22(26)24(5-2)17-12-7-6-8-13-17/h6-13,18-19H,4-5,14H2,1-3H3,(H,23,25). The minimum atomic E-state index is -0.232. The monoisotopic (exact) mass is 350 g/mol. The lowest BCUT2D eigenvalue weighted by molar-refractivity contribution is -0.123. The first-order valence-corrected chi connectivity index (χ1v) is 9.32. The molecule has 26 heavy (non-hydrogen) atoms. The molecule has 4 nitrogen and oxygen atoms in total. The third-order valence-corrected chi connectivity index (χ3v) is 5.08. The smallest absolute Gasteiger partial charge is 0.230 e. The number of benzene rings is 2. The van der Waals surface area contributed by atoms with Gasteiger partial charge < -0.3 is 10.2 Å². The molecule has 4 heteroatoms. The molecule has 2 unspecified atom stereocenters.